The van der Waals surface area contributed by atoms with E-state index in [0.717, 1.165) is 0 Å². The Morgan fingerprint density at radius 1 is 1.24 bits per heavy atom. The van der Waals surface area contributed by atoms with Gasteiger partial charge in [-0.1, -0.05) is 35.9 Å². The maximum absolute atomic E-state index is 12.1. The van der Waals surface area contributed by atoms with Crippen LogP contribution in [0.3, 0.4) is 0 Å². The van der Waals surface area contributed by atoms with E-state index < -0.39 is 5.91 Å². The van der Waals surface area contributed by atoms with Gasteiger partial charge in [-0.05, 0) is 35.9 Å². The van der Waals surface area contributed by atoms with Gasteiger partial charge in [-0.3, -0.25) is 4.79 Å². The summed E-state index contributed by atoms with van der Waals surface area (Å²) in [5.74, 6) is -0.499. The number of nitrogens with zero attached hydrogens (tertiary/aromatic N) is 1. The summed E-state index contributed by atoms with van der Waals surface area (Å²) in [5, 5.41) is 21.4. The molecule has 0 aliphatic carbocycles. The summed E-state index contributed by atoms with van der Waals surface area (Å²) in [5.41, 5.74) is 0.905. The number of nitrogens with one attached hydrogen (secondary N) is 1. The Kier molecular flexibility index (Phi) is 4.60. The lowest BCUT2D eigenvalue weighted by Gasteiger charge is -2.06. The molecule has 0 aliphatic rings. The minimum atomic E-state index is -0.561. The number of phenols is 1. The Labute approximate surface area is 126 Å². The molecule has 0 atom stereocenters. The van der Waals surface area contributed by atoms with Gasteiger partial charge in [-0.15, -0.1) is 0 Å². The first-order chi connectivity index (χ1) is 10.1. The zero-order chi connectivity index (χ0) is 15.2. The van der Waals surface area contributed by atoms with Crippen molar-refractivity contribution in [1.29, 1.82) is 5.26 Å². The highest BCUT2D eigenvalue weighted by atomic mass is 35.5. The molecule has 0 aromatic heterocycles. The molecule has 2 aromatic carbocycles. The molecular formula is C16H11ClN2O2. The fourth-order valence-corrected chi connectivity index (χ4v) is 1.87. The third kappa shape index (κ3) is 3.85. The van der Waals surface area contributed by atoms with E-state index in [2.05, 4.69) is 5.32 Å². The quantitative estimate of drug-likeness (QED) is 0.672. The number of aromatic hydroxyl groups is 1. The van der Waals surface area contributed by atoms with Crippen LogP contribution < -0.4 is 5.32 Å². The number of carbonyl (C=O) groups excluding carboxylic acids is 1. The summed E-state index contributed by atoms with van der Waals surface area (Å²) < 4.78 is 0. The lowest BCUT2D eigenvalue weighted by Crippen LogP contribution is -2.13. The van der Waals surface area contributed by atoms with Crippen molar-refractivity contribution in [1.82, 2.24) is 0 Å². The van der Waals surface area contributed by atoms with Crippen LogP contribution >= 0.6 is 11.6 Å². The third-order valence-electron chi connectivity index (χ3n) is 2.67. The maximum atomic E-state index is 12.1. The number of anilines is 1. The van der Waals surface area contributed by atoms with Gasteiger partial charge in [-0.2, -0.15) is 5.26 Å². The van der Waals surface area contributed by atoms with Crippen molar-refractivity contribution in [2.75, 3.05) is 5.32 Å². The van der Waals surface area contributed by atoms with Crippen LogP contribution in [0.2, 0.25) is 5.02 Å². The molecule has 0 heterocycles. The molecule has 0 spiro atoms. The van der Waals surface area contributed by atoms with E-state index in [1.54, 1.807) is 36.4 Å². The fraction of sp³-hybridized carbons (Fsp3) is 0. The first-order valence-electron chi connectivity index (χ1n) is 6.07. The second-order valence-corrected chi connectivity index (χ2v) is 4.61. The van der Waals surface area contributed by atoms with Gasteiger partial charge in [0, 0.05) is 0 Å². The Hall–Kier alpha value is -2.77. The van der Waals surface area contributed by atoms with Crippen LogP contribution in [0.4, 0.5) is 5.69 Å². The average Bonchev–Trinajstić information content (AvgIpc) is 2.47. The summed E-state index contributed by atoms with van der Waals surface area (Å²) in [6, 6.07) is 14.9. The number of hydrogen-bond acceptors (Lipinski definition) is 3. The normalized spacial score (nSPS) is 10.8. The molecule has 0 aliphatic heterocycles. The number of nitriles is 1. The first-order valence-corrected chi connectivity index (χ1v) is 6.44. The van der Waals surface area contributed by atoms with E-state index in [4.69, 9.17) is 16.9 Å². The highest BCUT2D eigenvalue weighted by Crippen LogP contribution is 2.21. The Balaban J connectivity index is 2.24. The van der Waals surface area contributed by atoms with Crippen molar-refractivity contribution in [2.45, 2.75) is 0 Å². The number of benzene rings is 2. The lowest BCUT2D eigenvalue weighted by atomic mass is 10.1. The molecule has 4 nitrogen and oxygen atoms in total. The van der Waals surface area contributed by atoms with Crippen LogP contribution in [0.1, 0.15) is 5.56 Å². The number of phenolic OH excluding ortho intramolecular Hbond substituents is 1. The van der Waals surface area contributed by atoms with Crippen molar-refractivity contribution in [3.63, 3.8) is 0 Å². The molecule has 0 bridgehead atoms. The molecule has 0 fully saturated rings. The molecule has 0 saturated carbocycles. The zero-order valence-corrected chi connectivity index (χ0v) is 11.6. The molecule has 5 heteroatoms. The van der Waals surface area contributed by atoms with E-state index in [9.17, 15) is 9.90 Å². The topological polar surface area (TPSA) is 73.1 Å². The van der Waals surface area contributed by atoms with Crippen LogP contribution in [-0.4, -0.2) is 11.0 Å². The molecule has 21 heavy (non-hydrogen) atoms. The fourth-order valence-electron chi connectivity index (χ4n) is 1.68. The van der Waals surface area contributed by atoms with Gasteiger partial charge in [0.15, 0.2) is 0 Å². The van der Waals surface area contributed by atoms with Gasteiger partial charge in [0.1, 0.15) is 17.4 Å². The van der Waals surface area contributed by atoms with Gasteiger partial charge in [-0.25, -0.2) is 0 Å². The van der Waals surface area contributed by atoms with E-state index in [0.29, 0.717) is 16.3 Å². The summed E-state index contributed by atoms with van der Waals surface area (Å²) in [6.45, 7) is 0. The molecule has 104 valence electrons. The molecule has 2 N–H and O–H groups in total. The predicted molar refractivity (Wildman–Crippen MR) is 81.8 cm³/mol. The molecule has 2 aromatic rings. The lowest BCUT2D eigenvalue weighted by molar-refractivity contribution is -0.112. The van der Waals surface area contributed by atoms with Crippen LogP contribution in [0.25, 0.3) is 6.08 Å². The van der Waals surface area contributed by atoms with Gasteiger partial charge in [0.05, 0.1) is 10.7 Å². The Morgan fingerprint density at radius 2 is 2.00 bits per heavy atom. The summed E-state index contributed by atoms with van der Waals surface area (Å²) in [4.78, 5) is 12.1. The van der Waals surface area contributed by atoms with Crippen molar-refractivity contribution in [2.24, 2.45) is 0 Å². The third-order valence-corrected chi connectivity index (χ3v) is 3.00. The van der Waals surface area contributed by atoms with Crippen LogP contribution in [-0.2, 0) is 4.79 Å². The van der Waals surface area contributed by atoms with Crippen LogP contribution in [0.15, 0.2) is 54.1 Å². The number of rotatable bonds is 3. The highest BCUT2D eigenvalue weighted by Gasteiger charge is 2.11. The Morgan fingerprint density at radius 3 is 2.67 bits per heavy atom. The van der Waals surface area contributed by atoms with Gasteiger partial charge in [0.25, 0.3) is 5.91 Å². The molecule has 0 unspecified atom stereocenters. The molecule has 1 amide bonds. The van der Waals surface area contributed by atoms with E-state index in [1.807, 2.05) is 6.07 Å². The van der Waals surface area contributed by atoms with E-state index in [-0.39, 0.29) is 11.3 Å². The van der Waals surface area contributed by atoms with Crippen molar-refractivity contribution >= 4 is 29.3 Å². The van der Waals surface area contributed by atoms with Crippen molar-refractivity contribution < 1.29 is 9.90 Å². The molecule has 0 saturated heterocycles. The highest BCUT2D eigenvalue weighted by molar-refractivity contribution is 6.34. The van der Waals surface area contributed by atoms with Crippen molar-refractivity contribution in [3.05, 3.63) is 64.7 Å². The Bertz CT molecular complexity index is 748. The maximum Gasteiger partial charge on any atom is 0.266 e. The van der Waals surface area contributed by atoms with Crippen LogP contribution in [0, 0.1) is 11.3 Å². The minimum absolute atomic E-state index is 0.0625. The standard InChI is InChI=1S/C16H11ClN2O2/c17-14-6-1-2-7-15(14)19-16(21)12(10-18)8-11-4-3-5-13(20)9-11/h1-9,20H,(H,19,21)/b12-8-. The number of para-hydroxylation sites is 1. The number of amides is 1. The molecule has 0 radical (unpaired) electrons. The predicted octanol–water partition coefficient (Wildman–Crippen LogP) is 3.59. The molecule has 2 rings (SSSR count). The van der Waals surface area contributed by atoms with E-state index >= 15 is 0 Å². The van der Waals surface area contributed by atoms with Gasteiger partial charge < -0.3 is 10.4 Å². The number of halogens is 1. The van der Waals surface area contributed by atoms with Gasteiger partial charge in [0.2, 0.25) is 0 Å². The monoisotopic (exact) mass is 298 g/mol. The average molecular weight is 299 g/mol. The minimum Gasteiger partial charge on any atom is -0.508 e. The van der Waals surface area contributed by atoms with Crippen molar-refractivity contribution in [3.8, 4) is 11.8 Å². The first kappa shape index (κ1) is 14.6. The number of carbonyl (C=O) groups is 1. The summed E-state index contributed by atoms with van der Waals surface area (Å²) in [6.07, 6.45) is 1.39. The summed E-state index contributed by atoms with van der Waals surface area (Å²) >= 11 is 5.95. The number of hydrogen-bond donors (Lipinski definition) is 2. The smallest absolute Gasteiger partial charge is 0.266 e. The second-order valence-electron chi connectivity index (χ2n) is 4.20. The largest absolute Gasteiger partial charge is 0.508 e. The van der Waals surface area contributed by atoms with Gasteiger partial charge >= 0.3 is 0 Å². The van der Waals surface area contributed by atoms with Crippen LogP contribution in [0.5, 0.6) is 5.75 Å². The SMILES string of the molecule is N#C/C(=C/c1cccc(O)c1)C(=O)Nc1ccccc1Cl. The zero-order valence-electron chi connectivity index (χ0n) is 10.9. The van der Waals surface area contributed by atoms with E-state index in [1.165, 1.54) is 18.2 Å². The summed E-state index contributed by atoms with van der Waals surface area (Å²) in [7, 11) is 0. The second kappa shape index (κ2) is 6.60. The molecular weight excluding hydrogens is 288 g/mol.